The van der Waals surface area contributed by atoms with E-state index in [1.54, 1.807) is 6.07 Å². The number of carbonyl (C=O) groups excluding carboxylic acids is 1. The van der Waals surface area contributed by atoms with Crippen molar-refractivity contribution in [1.82, 2.24) is 5.32 Å². The predicted molar refractivity (Wildman–Crippen MR) is 86.0 cm³/mol. The molecule has 0 atom stereocenters. The van der Waals surface area contributed by atoms with Gasteiger partial charge in [0.2, 0.25) is 0 Å². The van der Waals surface area contributed by atoms with Crippen LogP contribution >= 0.6 is 11.6 Å². The molecule has 2 aromatic carbocycles. The SMILES string of the molecule is Cc1ccc(Cl)cc1NC(=O)c1ccc2c(c1)CNCC2. The smallest absolute Gasteiger partial charge is 0.255 e. The molecule has 0 radical (unpaired) electrons. The Morgan fingerprint density at radius 2 is 2.05 bits per heavy atom. The van der Waals surface area contributed by atoms with Crippen LogP contribution in [0.1, 0.15) is 27.0 Å². The van der Waals surface area contributed by atoms with Gasteiger partial charge in [0.1, 0.15) is 0 Å². The molecular formula is C17H17ClN2O. The number of halogens is 1. The molecule has 2 aromatic rings. The molecule has 0 saturated heterocycles. The third kappa shape index (κ3) is 3.09. The Kier molecular flexibility index (Phi) is 3.95. The van der Waals surface area contributed by atoms with Gasteiger partial charge in [0.25, 0.3) is 5.91 Å². The van der Waals surface area contributed by atoms with Crippen LogP contribution in [0.25, 0.3) is 0 Å². The fourth-order valence-electron chi connectivity index (χ4n) is 2.55. The zero-order chi connectivity index (χ0) is 14.8. The van der Waals surface area contributed by atoms with Crippen molar-refractivity contribution < 1.29 is 4.79 Å². The molecule has 0 fully saturated rings. The van der Waals surface area contributed by atoms with E-state index < -0.39 is 0 Å². The second-order valence-electron chi connectivity index (χ2n) is 5.32. The molecule has 1 heterocycles. The first kappa shape index (κ1) is 14.1. The number of rotatable bonds is 2. The minimum absolute atomic E-state index is 0.103. The molecule has 0 unspecified atom stereocenters. The lowest BCUT2D eigenvalue weighted by Crippen LogP contribution is -2.24. The number of aryl methyl sites for hydroxylation is 1. The Hall–Kier alpha value is -1.84. The molecule has 0 aliphatic carbocycles. The van der Waals surface area contributed by atoms with Crippen molar-refractivity contribution in [2.45, 2.75) is 19.9 Å². The molecule has 21 heavy (non-hydrogen) atoms. The lowest BCUT2D eigenvalue weighted by molar-refractivity contribution is 0.102. The number of hydrogen-bond donors (Lipinski definition) is 2. The summed E-state index contributed by atoms with van der Waals surface area (Å²) < 4.78 is 0. The van der Waals surface area contributed by atoms with Crippen LogP contribution in [-0.2, 0) is 13.0 Å². The summed E-state index contributed by atoms with van der Waals surface area (Å²) in [6, 6.07) is 11.4. The summed E-state index contributed by atoms with van der Waals surface area (Å²) in [7, 11) is 0. The van der Waals surface area contributed by atoms with Gasteiger partial charge in [0, 0.05) is 22.8 Å². The Bertz CT molecular complexity index is 697. The maximum atomic E-state index is 12.4. The summed E-state index contributed by atoms with van der Waals surface area (Å²) >= 11 is 5.98. The number of fused-ring (bicyclic) bond motifs is 1. The molecule has 0 saturated carbocycles. The van der Waals surface area contributed by atoms with E-state index in [1.165, 1.54) is 11.1 Å². The number of carbonyl (C=O) groups is 1. The summed E-state index contributed by atoms with van der Waals surface area (Å²) in [5.74, 6) is -0.103. The van der Waals surface area contributed by atoms with Crippen molar-refractivity contribution >= 4 is 23.2 Å². The van der Waals surface area contributed by atoms with Crippen LogP contribution in [0.4, 0.5) is 5.69 Å². The maximum absolute atomic E-state index is 12.4. The van der Waals surface area contributed by atoms with Crippen molar-refractivity contribution in [3.63, 3.8) is 0 Å². The lowest BCUT2D eigenvalue weighted by Gasteiger charge is -2.18. The zero-order valence-corrected chi connectivity index (χ0v) is 12.6. The van der Waals surface area contributed by atoms with Crippen molar-refractivity contribution in [1.29, 1.82) is 0 Å². The molecule has 1 amide bonds. The largest absolute Gasteiger partial charge is 0.322 e. The van der Waals surface area contributed by atoms with Gasteiger partial charge in [-0.25, -0.2) is 0 Å². The molecule has 108 valence electrons. The Morgan fingerprint density at radius 1 is 1.19 bits per heavy atom. The summed E-state index contributed by atoms with van der Waals surface area (Å²) in [4.78, 5) is 12.4. The Balaban J connectivity index is 1.83. The Morgan fingerprint density at radius 3 is 2.90 bits per heavy atom. The first-order chi connectivity index (χ1) is 10.1. The molecule has 2 N–H and O–H groups in total. The average molecular weight is 301 g/mol. The molecule has 1 aliphatic heterocycles. The van der Waals surface area contributed by atoms with Crippen molar-refractivity contribution in [2.24, 2.45) is 0 Å². The molecule has 4 heteroatoms. The molecule has 0 bridgehead atoms. The van der Waals surface area contributed by atoms with E-state index in [0.29, 0.717) is 10.6 Å². The fraction of sp³-hybridized carbons (Fsp3) is 0.235. The average Bonchev–Trinajstić information content (AvgIpc) is 2.50. The van der Waals surface area contributed by atoms with E-state index in [0.717, 1.165) is 30.8 Å². The van der Waals surface area contributed by atoms with Crippen LogP contribution in [0.3, 0.4) is 0 Å². The zero-order valence-electron chi connectivity index (χ0n) is 11.9. The van der Waals surface area contributed by atoms with Crippen LogP contribution in [0.5, 0.6) is 0 Å². The minimum atomic E-state index is -0.103. The standard InChI is InChI=1S/C17H17ClN2O/c1-11-2-5-15(18)9-16(11)20-17(21)13-4-3-12-6-7-19-10-14(12)8-13/h2-5,8-9,19H,6-7,10H2,1H3,(H,20,21). The summed E-state index contributed by atoms with van der Waals surface area (Å²) in [5, 5.41) is 6.87. The third-order valence-corrected chi connectivity index (χ3v) is 4.04. The van der Waals surface area contributed by atoms with Gasteiger partial charge in [-0.1, -0.05) is 23.7 Å². The summed E-state index contributed by atoms with van der Waals surface area (Å²) in [6.07, 6.45) is 1.02. The number of benzene rings is 2. The number of hydrogen-bond acceptors (Lipinski definition) is 2. The highest BCUT2D eigenvalue weighted by atomic mass is 35.5. The van der Waals surface area contributed by atoms with Crippen molar-refractivity contribution in [3.05, 3.63) is 63.7 Å². The van der Waals surface area contributed by atoms with E-state index in [-0.39, 0.29) is 5.91 Å². The second kappa shape index (κ2) is 5.88. The van der Waals surface area contributed by atoms with E-state index in [1.807, 2.05) is 31.2 Å². The molecule has 3 nitrogen and oxygen atoms in total. The van der Waals surface area contributed by atoms with Crippen LogP contribution in [-0.4, -0.2) is 12.5 Å². The maximum Gasteiger partial charge on any atom is 0.255 e. The molecule has 1 aliphatic rings. The van der Waals surface area contributed by atoms with Crippen LogP contribution < -0.4 is 10.6 Å². The number of anilines is 1. The number of amides is 1. The minimum Gasteiger partial charge on any atom is -0.322 e. The van der Waals surface area contributed by atoms with Gasteiger partial charge in [-0.3, -0.25) is 4.79 Å². The van der Waals surface area contributed by atoms with Crippen LogP contribution in [0.2, 0.25) is 5.02 Å². The second-order valence-corrected chi connectivity index (χ2v) is 5.76. The normalized spacial score (nSPS) is 13.6. The van der Waals surface area contributed by atoms with Gasteiger partial charge >= 0.3 is 0 Å². The van der Waals surface area contributed by atoms with Crippen LogP contribution in [0, 0.1) is 6.92 Å². The highest BCUT2D eigenvalue weighted by Gasteiger charge is 2.13. The first-order valence-corrected chi connectivity index (χ1v) is 7.41. The van der Waals surface area contributed by atoms with Gasteiger partial charge in [-0.05, 0) is 60.8 Å². The van der Waals surface area contributed by atoms with E-state index in [2.05, 4.69) is 16.7 Å². The highest BCUT2D eigenvalue weighted by molar-refractivity contribution is 6.31. The topological polar surface area (TPSA) is 41.1 Å². The molecule has 0 aromatic heterocycles. The van der Waals surface area contributed by atoms with E-state index in [9.17, 15) is 4.79 Å². The summed E-state index contributed by atoms with van der Waals surface area (Å²) in [6.45, 7) is 3.77. The van der Waals surface area contributed by atoms with E-state index >= 15 is 0 Å². The predicted octanol–water partition coefficient (Wildman–Crippen LogP) is 3.55. The van der Waals surface area contributed by atoms with Crippen LogP contribution in [0.15, 0.2) is 36.4 Å². The van der Waals surface area contributed by atoms with Gasteiger partial charge in [0.15, 0.2) is 0 Å². The van der Waals surface area contributed by atoms with Crippen molar-refractivity contribution in [3.8, 4) is 0 Å². The molecule has 3 rings (SSSR count). The Labute approximate surface area is 129 Å². The van der Waals surface area contributed by atoms with E-state index in [4.69, 9.17) is 11.6 Å². The van der Waals surface area contributed by atoms with Crippen molar-refractivity contribution in [2.75, 3.05) is 11.9 Å². The van der Waals surface area contributed by atoms with Gasteiger partial charge in [-0.2, -0.15) is 0 Å². The highest BCUT2D eigenvalue weighted by Crippen LogP contribution is 2.22. The molecular weight excluding hydrogens is 284 g/mol. The fourth-order valence-corrected chi connectivity index (χ4v) is 2.72. The summed E-state index contributed by atoms with van der Waals surface area (Å²) in [5.41, 5.74) is 4.95. The van der Waals surface area contributed by atoms with Gasteiger partial charge < -0.3 is 10.6 Å². The first-order valence-electron chi connectivity index (χ1n) is 7.03. The van der Waals surface area contributed by atoms with Gasteiger partial charge in [0.05, 0.1) is 0 Å². The lowest BCUT2D eigenvalue weighted by atomic mass is 9.98. The monoisotopic (exact) mass is 300 g/mol. The van der Waals surface area contributed by atoms with Gasteiger partial charge in [-0.15, -0.1) is 0 Å². The third-order valence-electron chi connectivity index (χ3n) is 3.80. The number of nitrogens with one attached hydrogen (secondary N) is 2. The quantitative estimate of drug-likeness (QED) is 0.890. The molecule has 0 spiro atoms.